The number of carbonyl (C=O) groups is 2. The van der Waals surface area contributed by atoms with Crippen molar-refractivity contribution in [3.63, 3.8) is 0 Å². The third kappa shape index (κ3) is 3.54. The number of carboxylic acid groups (broad SMARTS) is 2. The van der Waals surface area contributed by atoms with Gasteiger partial charge in [-0.15, -0.1) is 11.3 Å². The highest BCUT2D eigenvalue weighted by Gasteiger charge is 2.52. The van der Waals surface area contributed by atoms with Crippen molar-refractivity contribution in [1.82, 2.24) is 0 Å². The van der Waals surface area contributed by atoms with Gasteiger partial charge in [0.15, 0.2) is 0 Å². The van der Waals surface area contributed by atoms with Crippen molar-refractivity contribution in [2.24, 2.45) is 0 Å². The van der Waals surface area contributed by atoms with Gasteiger partial charge in [-0.3, -0.25) is 4.79 Å². The molecule has 1 unspecified atom stereocenters. The summed E-state index contributed by atoms with van der Waals surface area (Å²) in [5, 5.41) is 23.3. The first-order valence-corrected chi connectivity index (χ1v) is 13.4. The molecule has 160 valence electrons. The lowest BCUT2D eigenvalue weighted by Gasteiger charge is -2.46. The summed E-state index contributed by atoms with van der Waals surface area (Å²) in [7, 11) is -2.13. The molecular weight excluding hydrogens is 400 g/mol. The monoisotopic (exact) mass is 434 g/mol. The molecule has 1 aromatic rings. The minimum absolute atomic E-state index is 0.0120. The minimum Gasteiger partial charge on any atom is -0.480 e. The highest BCUT2D eigenvalue weighted by Crippen LogP contribution is 2.47. The molecule has 1 atom stereocenters. The second-order valence-electron chi connectivity index (χ2n) is 9.23. The van der Waals surface area contributed by atoms with E-state index in [1.807, 2.05) is 5.38 Å². The van der Waals surface area contributed by atoms with Gasteiger partial charge < -0.3 is 10.2 Å². The van der Waals surface area contributed by atoms with Crippen LogP contribution in [0.25, 0.3) is 0 Å². The Morgan fingerprint density at radius 3 is 1.97 bits per heavy atom. The number of hydrogen-bond donors (Lipinski definition) is 2. The molecule has 0 radical (unpaired) electrons. The van der Waals surface area contributed by atoms with Crippen molar-refractivity contribution in [3.05, 3.63) is 39.1 Å². The third-order valence-electron chi connectivity index (χ3n) is 6.94. The molecule has 2 rings (SSSR count). The number of aliphatic carboxylic acids is 2. The summed E-state index contributed by atoms with van der Waals surface area (Å²) < 4.78 is 0. The van der Waals surface area contributed by atoms with E-state index in [1.54, 1.807) is 30.4 Å². The normalized spacial score (nSPS) is 20.2. The van der Waals surface area contributed by atoms with E-state index in [0.717, 1.165) is 5.56 Å². The molecule has 0 aromatic carbocycles. The summed E-state index contributed by atoms with van der Waals surface area (Å²) in [6.07, 6.45) is 3.39. The van der Waals surface area contributed by atoms with E-state index < -0.39 is 25.4 Å². The van der Waals surface area contributed by atoms with Gasteiger partial charge in [0.25, 0.3) is 0 Å². The lowest BCUT2D eigenvalue weighted by molar-refractivity contribution is -0.142. The number of thiophene rings is 1. The summed E-state index contributed by atoms with van der Waals surface area (Å²) in [5.41, 5.74) is 1.61. The van der Waals surface area contributed by atoms with Gasteiger partial charge in [0.2, 0.25) is 0 Å². The number of rotatable bonds is 7. The summed E-state index contributed by atoms with van der Waals surface area (Å²) in [6, 6.07) is 0. The summed E-state index contributed by atoms with van der Waals surface area (Å²) in [6.45, 7) is 17.4. The van der Waals surface area contributed by atoms with Crippen molar-refractivity contribution in [2.45, 2.75) is 83.8 Å². The lowest BCUT2D eigenvalue weighted by Crippen LogP contribution is -2.59. The summed E-state index contributed by atoms with van der Waals surface area (Å²) in [4.78, 5) is 25.7. The van der Waals surface area contributed by atoms with Crippen molar-refractivity contribution in [3.8, 4) is 0 Å². The molecule has 0 amide bonds. The zero-order chi connectivity index (χ0) is 22.3. The Morgan fingerprint density at radius 1 is 1.03 bits per heavy atom. The van der Waals surface area contributed by atoms with Gasteiger partial charge in [0, 0.05) is 16.9 Å². The van der Waals surface area contributed by atoms with Gasteiger partial charge in [-0.1, -0.05) is 53.7 Å². The molecule has 0 saturated carbocycles. The molecule has 4 nitrogen and oxygen atoms in total. The molecule has 6 heteroatoms. The first-order valence-electron chi connectivity index (χ1n) is 10.3. The fourth-order valence-corrected chi connectivity index (χ4v) is 14.5. The van der Waals surface area contributed by atoms with Crippen LogP contribution in [-0.2, 0) is 15.0 Å². The SMILES string of the molecule is CC1=C(C(=O)O)CC(C(=O)O)(c2csc(C)c2[Si](C(C)C)(C(C)C)C(C)C)C=C1. The van der Waals surface area contributed by atoms with E-state index in [4.69, 9.17) is 0 Å². The van der Waals surface area contributed by atoms with Crippen LogP contribution in [0.4, 0.5) is 0 Å². The first-order chi connectivity index (χ1) is 13.3. The van der Waals surface area contributed by atoms with Crippen LogP contribution in [0.15, 0.2) is 28.7 Å². The van der Waals surface area contributed by atoms with Gasteiger partial charge in [-0.05, 0) is 52.2 Å². The van der Waals surface area contributed by atoms with Crippen LogP contribution in [0.1, 0.15) is 65.3 Å². The molecule has 1 aliphatic rings. The number of hydrogen-bond acceptors (Lipinski definition) is 3. The van der Waals surface area contributed by atoms with E-state index in [-0.39, 0.29) is 12.0 Å². The summed E-state index contributed by atoms with van der Waals surface area (Å²) in [5.74, 6) is -2.01. The van der Waals surface area contributed by atoms with E-state index in [1.165, 1.54) is 10.1 Å². The molecule has 1 aliphatic carbocycles. The zero-order valence-electron chi connectivity index (χ0n) is 18.8. The van der Waals surface area contributed by atoms with E-state index >= 15 is 0 Å². The molecule has 29 heavy (non-hydrogen) atoms. The minimum atomic E-state index is -2.13. The molecule has 0 spiro atoms. The maximum absolute atomic E-state index is 12.7. The van der Waals surface area contributed by atoms with Crippen LogP contribution in [0, 0.1) is 6.92 Å². The molecule has 0 saturated heterocycles. The Morgan fingerprint density at radius 2 is 1.55 bits per heavy atom. The van der Waals surface area contributed by atoms with Crippen LogP contribution >= 0.6 is 11.3 Å². The standard InChI is InChI=1S/C23H34O4SSi/c1-13(2)29(14(3)4,15(5)6)20-17(8)28-12-19(20)23(22(26)27)10-9-16(7)18(11-23)21(24)25/h9-10,12-15H,11H2,1-8H3,(H,24,25)(H,26,27). The second kappa shape index (κ2) is 8.23. The molecule has 0 fully saturated rings. The maximum Gasteiger partial charge on any atom is 0.331 e. The lowest BCUT2D eigenvalue weighted by atomic mass is 9.72. The smallest absolute Gasteiger partial charge is 0.331 e. The van der Waals surface area contributed by atoms with Crippen molar-refractivity contribution in [1.29, 1.82) is 0 Å². The number of aryl methyl sites for hydroxylation is 1. The molecule has 2 N–H and O–H groups in total. The van der Waals surface area contributed by atoms with Crippen molar-refractivity contribution < 1.29 is 19.8 Å². The quantitative estimate of drug-likeness (QED) is 0.546. The van der Waals surface area contributed by atoms with E-state index in [9.17, 15) is 19.8 Å². The van der Waals surface area contributed by atoms with Gasteiger partial charge >= 0.3 is 11.9 Å². The predicted octanol–water partition coefficient (Wildman–Crippen LogP) is 5.63. The Kier molecular flexibility index (Phi) is 6.70. The molecule has 0 aliphatic heterocycles. The Labute approximate surface area is 179 Å². The molecule has 1 heterocycles. The van der Waals surface area contributed by atoms with Crippen LogP contribution < -0.4 is 5.19 Å². The summed E-state index contributed by atoms with van der Waals surface area (Å²) >= 11 is 1.60. The van der Waals surface area contributed by atoms with Gasteiger partial charge in [-0.2, -0.15) is 0 Å². The van der Waals surface area contributed by atoms with E-state index in [2.05, 4.69) is 48.5 Å². The van der Waals surface area contributed by atoms with Gasteiger partial charge in [-0.25, -0.2) is 4.79 Å². The molecule has 1 aromatic heterocycles. The van der Waals surface area contributed by atoms with E-state index in [0.29, 0.717) is 22.2 Å². The maximum atomic E-state index is 12.7. The average molecular weight is 435 g/mol. The average Bonchev–Trinajstić information content (AvgIpc) is 2.97. The molecule has 0 bridgehead atoms. The van der Waals surface area contributed by atoms with Crippen molar-refractivity contribution >= 4 is 36.5 Å². The number of allylic oxidation sites excluding steroid dienone is 2. The Hall–Kier alpha value is -1.66. The second-order valence-corrected chi connectivity index (χ2v) is 16.1. The third-order valence-corrected chi connectivity index (χ3v) is 15.3. The van der Waals surface area contributed by atoms with Crippen LogP contribution in [0.5, 0.6) is 0 Å². The largest absolute Gasteiger partial charge is 0.480 e. The fraction of sp³-hybridized carbons (Fsp3) is 0.565. The highest BCUT2D eigenvalue weighted by atomic mass is 32.1. The highest BCUT2D eigenvalue weighted by molar-refractivity contribution is 7.13. The fourth-order valence-electron chi connectivity index (χ4n) is 5.72. The topological polar surface area (TPSA) is 74.6 Å². The van der Waals surface area contributed by atoms with Gasteiger partial charge in [0.1, 0.15) is 5.41 Å². The zero-order valence-corrected chi connectivity index (χ0v) is 20.6. The van der Waals surface area contributed by atoms with Crippen LogP contribution in [-0.4, -0.2) is 30.2 Å². The predicted molar refractivity (Wildman–Crippen MR) is 123 cm³/mol. The van der Waals surface area contributed by atoms with Crippen LogP contribution in [0.2, 0.25) is 16.6 Å². The van der Waals surface area contributed by atoms with Crippen LogP contribution in [0.3, 0.4) is 0 Å². The van der Waals surface area contributed by atoms with Gasteiger partial charge in [0.05, 0.1) is 8.07 Å². The van der Waals surface area contributed by atoms with Crippen molar-refractivity contribution in [2.75, 3.05) is 0 Å². The first kappa shape index (κ1) is 23.6. The number of carboxylic acids is 2. The molecular formula is C23H34O4SSi. The Bertz CT molecular complexity index is 854. The Balaban J connectivity index is 2.88.